The van der Waals surface area contributed by atoms with Gasteiger partial charge in [0.25, 0.3) is 0 Å². The summed E-state index contributed by atoms with van der Waals surface area (Å²) in [7, 11) is 0. The lowest BCUT2D eigenvalue weighted by atomic mass is 10.0. The Balaban J connectivity index is 4.26. The maximum absolute atomic E-state index is 12.9. The number of ether oxygens (including phenoxy) is 3. The Bertz CT molecular complexity index is 1230. The molecule has 0 saturated heterocycles. The fourth-order valence-electron chi connectivity index (χ4n) is 10.5. The van der Waals surface area contributed by atoms with Crippen LogP contribution in [0.4, 0.5) is 0 Å². The third-order valence-electron chi connectivity index (χ3n) is 15.7. The fraction of sp³-hybridized carbons (Fsp3) is 0.900. The SMILES string of the molecule is CCCCCCC/C=C\CCCCCCCC(=O)OCC(COC(=O)CCCCCCCCCCCCCCCCCCCCCCCCC)OC(=O)CCCCCCCCCCC/C=C\CCCCCCCCCC. The van der Waals surface area contributed by atoms with E-state index in [1.807, 2.05) is 0 Å². The molecule has 0 aromatic carbocycles. The molecule has 0 heterocycles. The smallest absolute Gasteiger partial charge is 0.306 e. The minimum absolute atomic E-state index is 0.0693. The average Bonchev–Trinajstić information content (AvgIpc) is 3.42. The van der Waals surface area contributed by atoms with Crippen LogP contribution < -0.4 is 0 Å². The van der Waals surface area contributed by atoms with E-state index in [9.17, 15) is 14.4 Å². The van der Waals surface area contributed by atoms with E-state index < -0.39 is 6.10 Å². The van der Waals surface area contributed by atoms with Crippen molar-refractivity contribution in [2.75, 3.05) is 13.2 Å². The van der Waals surface area contributed by atoms with Crippen molar-refractivity contribution in [2.24, 2.45) is 0 Å². The van der Waals surface area contributed by atoms with E-state index in [1.165, 1.54) is 283 Å². The lowest BCUT2D eigenvalue weighted by molar-refractivity contribution is -0.167. The summed E-state index contributed by atoms with van der Waals surface area (Å²) in [5.74, 6) is -0.851. The maximum Gasteiger partial charge on any atom is 0.306 e. The zero-order valence-electron chi connectivity index (χ0n) is 51.6. The highest BCUT2D eigenvalue weighted by molar-refractivity contribution is 5.71. The van der Waals surface area contributed by atoms with E-state index in [-0.39, 0.29) is 31.1 Å². The predicted molar refractivity (Wildman–Crippen MR) is 330 cm³/mol. The lowest BCUT2D eigenvalue weighted by Crippen LogP contribution is -2.30. The van der Waals surface area contributed by atoms with Gasteiger partial charge in [0, 0.05) is 19.3 Å². The van der Waals surface area contributed by atoms with Gasteiger partial charge in [0.1, 0.15) is 13.2 Å². The summed E-state index contributed by atoms with van der Waals surface area (Å²) >= 11 is 0. The van der Waals surface area contributed by atoms with Gasteiger partial charge in [-0.2, -0.15) is 0 Å². The molecule has 0 bridgehead atoms. The molecule has 76 heavy (non-hydrogen) atoms. The molecule has 0 amide bonds. The Morgan fingerprint density at radius 3 is 0.658 bits per heavy atom. The third-order valence-corrected chi connectivity index (χ3v) is 15.7. The van der Waals surface area contributed by atoms with Gasteiger partial charge in [-0.3, -0.25) is 14.4 Å². The molecular formula is C70H132O6. The van der Waals surface area contributed by atoms with Crippen molar-refractivity contribution in [3.05, 3.63) is 24.3 Å². The largest absolute Gasteiger partial charge is 0.462 e. The van der Waals surface area contributed by atoms with Crippen LogP contribution in [0.2, 0.25) is 0 Å². The molecule has 0 aliphatic carbocycles. The van der Waals surface area contributed by atoms with E-state index in [4.69, 9.17) is 14.2 Å². The molecule has 0 aromatic rings. The van der Waals surface area contributed by atoms with Crippen LogP contribution in [0.25, 0.3) is 0 Å². The molecule has 0 aliphatic rings. The van der Waals surface area contributed by atoms with Crippen molar-refractivity contribution < 1.29 is 28.6 Å². The van der Waals surface area contributed by atoms with E-state index in [2.05, 4.69) is 45.1 Å². The second-order valence-corrected chi connectivity index (χ2v) is 23.4. The van der Waals surface area contributed by atoms with Gasteiger partial charge in [-0.1, -0.05) is 321 Å². The number of hydrogen-bond acceptors (Lipinski definition) is 6. The van der Waals surface area contributed by atoms with Crippen LogP contribution in [0.5, 0.6) is 0 Å². The number of carbonyl (C=O) groups excluding carboxylic acids is 3. The Hall–Kier alpha value is -2.11. The molecule has 0 aliphatic heterocycles. The van der Waals surface area contributed by atoms with Crippen LogP contribution in [-0.2, 0) is 28.6 Å². The van der Waals surface area contributed by atoms with Gasteiger partial charge in [-0.05, 0) is 70.6 Å². The molecule has 0 rings (SSSR count). The summed E-state index contributed by atoms with van der Waals surface area (Å²) in [6.45, 7) is 6.70. The highest BCUT2D eigenvalue weighted by atomic mass is 16.6. The zero-order chi connectivity index (χ0) is 55.0. The van der Waals surface area contributed by atoms with Crippen molar-refractivity contribution in [3.8, 4) is 0 Å². The Labute approximate surface area is 474 Å². The monoisotopic (exact) mass is 1070 g/mol. The summed E-state index contributed by atoms with van der Waals surface area (Å²) in [5, 5.41) is 0. The molecule has 0 aromatic heterocycles. The van der Waals surface area contributed by atoms with Crippen LogP contribution in [0.3, 0.4) is 0 Å². The fourth-order valence-corrected chi connectivity index (χ4v) is 10.5. The van der Waals surface area contributed by atoms with Gasteiger partial charge in [0.15, 0.2) is 6.10 Å². The Kier molecular flexibility index (Phi) is 63.6. The lowest BCUT2D eigenvalue weighted by Gasteiger charge is -2.18. The second kappa shape index (κ2) is 65.4. The van der Waals surface area contributed by atoms with Crippen LogP contribution in [-0.4, -0.2) is 37.2 Å². The Morgan fingerprint density at radius 2 is 0.434 bits per heavy atom. The standard InChI is InChI=1S/C70H132O6/c1-4-7-10-13-16-19-22-25-28-30-32-34-35-37-38-40-42-45-48-51-54-57-60-63-69(72)75-66-67(65-74-68(71)62-59-56-53-50-47-44-27-24-21-18-15-12-9-6-3)76-70(73)64-61-58-55-52-49-46-43-41-39-36-33-31-29-26-23-20-17-14-11-8-5-2/h24,27,31,33,67H,4-23,25-26,28-30,32,34-66H2,1-3H3/b27-24-,33-31-. The first-order valence-electron chi connectivity index (χ1n) is 34.3. The zero-order valence-corrected chi connectivity index (χ0v) is 51.6. The van der Waals surface area contributed by atoms with Gasteiger partial charge in [0.05, 0.1) is 0 Å². The molecule has 1 atom stereocenters. The number of esters is 3. The summed E-state index contributed by atoms with van der Waals surface area (Å²) in [6.07, 6.45) is 79.1. The van der Waals surface area contributed by atoms with Gasteiger partial charge in [0.2, 0.25) is 0 Å². The molecule has 0 saturated carbocycles. The maximum atomic E-state index is 12.9. The summed E-state index contributed by atoms with van der Waals surface area (Å²) < 4.78 is 17.0. The topological polar surface area (TPSA) is 78.9 Å². The van der Waals surface area contributed by atoms with E-state index >= 15 is 0 Å². The molecule has 448 valence electrons. The number of rotatable bonds is 64. The van der Waals surface area contributed by atoms with E-state index in [1.54, 1.807) is 0 Å². The number of unbranched alkanes of at least 4 members (excludes halogenated alkanes) is 49. The molecule has 0 radical (unpaired) electrons. The number of allylic oxidation sites excluding steroid dienone is 4. The third kappa shape index (κ3) is 62.7. The number of hydrogen-bond donors (Lipinski definition) is 0. The van der Waals surface area contributed by atoms with Crippen molar-refractivity contribution >= 4 is 17.9 Å². The van der Waals surface area contributed by atoms with Gasteiger partial charge in [-0.25, -0.2) is 0 Å². The minimum Gasteiger partial charge on any atom is -0.462 e. The normalized spacial score (nSPS) is 12.1. The van der Waals surface area contributed by atoms with Gasteiger partial charge < -0.3 is 14.2 Å². The summed E-state index contributed by atoms with van der Waals surface area (Å²) in [6, 6.07) is 0. The molecular weight excluding hydrogens is 937 g/mol. The molecule has 0 N–H and O–H groups in total. The summed E-state index contributed by atoms with van der Waals surface area (Å²) in [5.41, 5.74) is 0. The molecule has 6 nitrogen and oxygen atoms in total. The predicted octanol–water partition coefficient (Wildman–Crippen LogP) is 23.4. The number of carbonyl (C=O) groups is 3. The van der Waals surface area contributed by atoms with Crippen molar-refractivity contribution in [3.63, 3.8) is 0 Å². The van der Waals surface area contributed by atoms with Crippen molar-refractivity contribution in [2.45, 2.75) is 393 Å². The van der Waals surface area contributed by atoms with Crippen LogP contribution in [0, 0.1) is 0 Å². The average molecular weight is 1070 g/mol. The minimum atomic E-state index is -0.774. The summed E-state index contributed by atoms with van der Waals surface area (Å²) in [4.78, 5) is 38.4. The highest BCUT2D eigenvalue weighted by Crippen LogP contribution is 2.18. The van der Waals surface area contributed by atoms with Crippen molar-refractivity contribution in [1.29, 1.82) is 0 Å². The van der Waals surface area contributed by atoms with E-state index in [0.717, 1.165) is 64.2 Å². The van der Waals surface area contributed by atoms with Crippen LogP contribution in [0.15, 0.2) is 24.3 Å². The van der Waals surface area contributed by atoms with Crippen LogP contribution >= 0.6 is 0 Å². The Morgan fingerprint density at radius 1 is 0.250 bits per heavy atom. The molecule has 6 heteroatoms. The van der Waals surface area contributed by atoms with Gasteiger partial charge >= 0.3 is 17.9 Å². The first kappa shape index (κ1) is 73.9. The first-order valence-corrected chi connectivity index (χ1v) is 34.3. The van der Waals surface area contributed by atoms with Gasteiger partial charge in [-0.15, -0.1) is 0 Å². The highest BCUT2D eigenvalue weighted by Gasteiger charge is 2.19. The van der Waals surface area contributed by atoms with Crippen molar-refractivity contribution in [1.82, 2.24) is 0 Å². The second-order valence-electron chi connectivity index (χ2n) is 23.4. The molecule has 0 spiro atoms. The molecule has 0 fully saturated rings. The van der Waals surface area contributed by atoms with Crippen LogP contribution in [0.1, 0.15) is 387 Å². The first-order chi connectivity index (χ1) is 37.5. The quantitative estimate of drug-likeness (QED) is 0.0261. The molecule has 1 unspecified atom stereocenters. The van der Waals surface area contributed by atoms with E-state index in [0.29, 0.717) is 19.3 Å².